The van der Waals surface area contributed by atoms with Crippen LogP contribution in [0.5, 0.6) is 0 Å². The largest absolute Gasteiger partial charge is 0.383 e. The molecule has 1 aromatic carbocycles. The number of hydrogen-bond donors (Lipinski definition) is 1. The second-order valence-corrected chi connectivity index (χ2v) is 5.20. The van der Waals surface area contributed by atoms with Crippen LogP contribution in [0.15, 0.2) is 18.2 Å². The molecule has 1 unspecified atom stereocenters. The van der Waals surface area contributed by atoms with Crippen molar-refractivity contribution in [2.24, 2.45) is 0 Å². The zero-order valence-electron chi connectivity index (χ0n) is 12.4. The highest BCUT2D eigenvalue weighted by atomic mass is 35.5. The van der Waals surface area contributed by atoms with Crippen molar-refractivity contribution in [3.8, 4) is 0 Å². The van der Waals surface area contributed by atoms with Crippen LogP contribution in [0.4, 0.5) is 5.69 Å². The van der Waals surface area contributed by atoms with Crippen LogP contribution in [0.1, 0.15) is 31.9 Å². The van der Waals surface area contributed by atoms with E-state index in [0.29, 0.717) is 6.61 Å². The number of nitrogens with zero attached hydrogens (tertiary/aromatic N) is 1. The molecule has 0 saturated carbocycles. The molecule has 0 aliphatic heterocycles. The summed E-state index contributed by atoms with van der Waals surface area (Å²) in [6.07, 6.45) is 1.12. The van der Waals surface area contributed by atoms with Gasteiger partial charge in [0.15, 0.2) is 0 Å². The molecule has 0 aliphatic rings. The average Bonchev–Trinajstić information content (AvgIpc) is 2.41. The summed E-state index contributed by atoms with van der Waals surface area (Å²) in [5.41, 5.74) is 2.27. The molecular formula is C15H25ClN2O. The molecule has 0 saturated heterocycles. The van der Waals surface area contributed by atoms with Crippen LogP contribution in [0.2, 0.25) is 5.02 Å². The summed E-state index contributed by atoms with van der Waals surface area (Å²) in [6, 6.07) is 6.53. The minimum absolute atomic E-state index is 0.283. The smallest absolute Gasteiger partial charge is 0.0637 e. The van der Waals surface area contributed by atoms with Crippen molar-refractivity contribution in [3.05, 3.63) is 28.8 Å². The third-order valence-electron chi connectivity index (χ3n) is 3.22. The Kier molecular flexibility index (Phi) is 7.21. The molecule has 19 heavy (non-hydrogen) atoms. The fraction of sp³-hybridized carbons (Fsp3) is 0.600. The SMILES string of the molecule is CCCNC(C)c1ccc(N(C)CCOC)cc1Cl. The second-order valence-electron chi connectivity index (χ2n) is 4.80. The lowest BCUT2D eigenvalue weighted by molar-refractivity contribution is 0.206. The number of halogens is 1. The van der Waals surface area contributed by atoms with Gasteiger partial charge in [-0.2, -0.15) is 0 Å². The van der Waals surface area contributed by atoms with E-state index in [0.717, 1.165) is 35.8 Å². The van der Waals surface area contributed by atoms with E-state index in [2.05, 4.69) is 36.2 Å². The number of likely N-dealkylation sites (N-methyl/N-ethyl adjacent to an activating group) is 1. The molecular weight excluding hydrogens is 260 g/mol. The van der Waals surface area contributed by atoms with Crippen LogP contribution in [-0.2, 0) is 4.74 Å². The maximum atomic E-state index is 6.38. The molecule has 0 heterocycles. The van der Waals surface area contributed by atoms with Crippen LogP contribution in [0.25, 0.3) is 0 Å². The van der Waals surface area contributed by atoms with Gasteiger partial charge in [-0.05, 0) is 37.6 Å². The van der Waals surface area contributed by atoms with E-state index in [9.17, 15) is 0 Å². The number of hydrogen-bond acceptors (Lipinski definition) is 3. The van der Waals surface area contributed by atoms with E-state index >= 15 is 0 Å². The van der Waals surface area contributed by atoms with Gasteiger partial charge in [0, 0.05) is 37.5 Å². The zero-order chi connectivity index (χ0) is 14.3. The quantitative estimate of drug-likeness (QED) is 0.791. The highest BCUT2D eigenvalue weighted by Gasteiger charge is 2.10. The summed E-state index contributed by atoms with van der Waals surface area (Å²) in [5.74, 6) is 0. The highest BCUT2D eigenvalue weighted by Crippen LogP contribution is 2.27. The van der Waals surface area contributed by atoms with Gasteiger partial charge in [-0.15, -0.1) is 0 Å². The van der Waals surface area contributed by atoms with Crippen molar-refractivity contribution in [2.75, 3.05) is 38.8 Å². The van der Waals surface area contributed by atoms with Crippen LogP contribution in [-0.4, -0.2) is 33.9 Å². The lowest BCUT2D eigenvalue weighted by Gasteiger charge is -2.21. The minimum atomic E-state index is 0.283. The van der Waals surface area contributed by atoms with Gasteiger partial charge in [-0.25, -0.2) is 0 Å². The van der Waals surface area contributed by atoms with Gasteiger partial charge in [-0.3, -0.25) is 0 Å². The Bertz CT molecular complexity index is 384. The van der Waals surface area contributed by atoms with Crippen molar-refractivity contribution >= 4 is 17.3 Å². The molecule has 108 valence electrons. The van der Waals surface area contributed by atoms with E-state index in [-0.39, 0.29) is 6.04 Å². The number of benzene rings is 1. The first-order chi connectivity index (χ1) is 9.10. The molecule has 0 spiro atoms. The third-order valence-corrected chi connectivity index (χ3v) is 3.55. The van der Waals surface area contributed by atoms with E-state index in [1.807, 2.05) is 13.1 Å². The summed E-state index contributed by atoms with van der Waals surface area (Å²) in [4.78, 5) is 2.14. The Morgan fingerprint density at radius 1 is 1.42 bits per heavy atom. The van der Waals surface area contributed by atoms with Crippen molar-refractivity contribution in [3.63, 3.8) is 0 Å². The van der Waals surface area contributed by atoms with E-state index < -0.39 is 0 Å². The van der Waals surface area contributed by atoms with Crippen LogP contribution >= 0.6 is 11.6 Å². The Labute approximate surface area is 121 Å². The summed E-state index contributed by atoms with van der Waals surface area (Å²) in [7, 11) is 3.76. The number of nitrogens with one attached hydrogen (secondary N) is 1. The molecule has 1 rings (SSSR count). The molecule has 0 aromatic heterocycles. The number of ether oxygens (including phenoxy) is 1. The van der Waals surface area contributed by atoms with Crippen molar-refractivity contribution in [1.29, 1.82) is 0 Å². The van der Waals surface area contributed by atoms with E-state index in [1.54, 1.807) is 7.11 Å². The Morgan fingerprint density at radius 2 is 2.16 bits per heavy atom. The van der Waals surface area contributed by atoms with Crippen LogP contribution < -0.4 is 10.2 Å². The average molecular weight is 285 g/mol. The molecule has 1 N–H and O–H groups in total. The maximum Gasteiger partial charge on any atom is 0.0637 e. The first-order valence-corrected chi connectivity index (χ1v) is 7.20. The van der Waals surface area contributed by atoms with Gasteiger partial charge in [-0.1, -0.05) is 24.6 Å². The zero-order valence-corrected chi connectivity index (χ0v) is 13.1. The number of anilines is 1. The fourth-order valence-electron chi connectivity index (χ4n) is 1.93. The molecule has 1 aromatic rings. The normalized spacial score (nSPS) is 12.5. The Balaban J connectivity index is 2.73. The topological polar surface area (TPSA) is 24.5 Å². The van der Waals surface area contributed by atoms with Gasteiger partial charge >= 0.3 is 0 Å². The standard InChI is InChI=1S/C15H25ClN2O/c1-5-8-17-12(2)14-7-6-13(11-15(14)16)18(3)9-10-19-4/h6-7,11-12,17H,5,8-10H2,1-4H3. The van der Waals surface area contributed by atoms with Crippen molar-refractivity contribution in [1.82, 2.24) is 5.32 Å². The molecule has 0 fully saturated rings. The molecule has 3 nitrogen and oxygen atoms in total. The lowest BCUT2D eigenvalue weighted by atomic mass is 10.1. The maximum absolute atomic E-state index is 6.38. The highest BCUT2D eigenvalue weighted by molar-refractivity contribution is 6.31. The molecule has 0 bridgehead atoms. The van der Waals surface area contributed by atoms with Gasteiger partial charge in [0.1, 0.15) is 0 Å². The predicted molar refractivity (Wildman–Crippen MR) is 83.3 cm³/mol. The second kappa shape index (κ2) is 8.41. The summed E-state index contributed by atoms with van der Waals surface area (Å²) in [6.45, 7) is 6.88. The number of methoxy groups -OCH3 is 1. The summed E-state index contributed by atoms with van der Waals surface area (Å²) >= 11 is 6.38. The molecule has 0 aliphatic carbocycles. The van der Waals surface area contributed by atoms with Crippen molar-refractivity contribution in [2.45, 2.75) is 26.3 Å². The van der Waals surface area contributed by atoms with E-state index in [1.165, 1.54) is 0 Å². The molecule has 1 atom stereocenters. The molecule has 0 radical (unpaired) electrons. The van der Waals surface area contributed by atoms with E-state index in [4.69, 9.17) is 16.3 Å². The monoisotopic (exact) mass is 284 g/mol. The first kappa shape index (κ1) is 16.3. The first-order valence-electron chi connectivity index (χ1n) is 6.83. The van der Waals surface area contributed by atoms with Crippen LogP contribution in [0.3, 0.4) is 0 Å². The molecule has 4 heteroatoms. The lowest BCUT2D eigenvalue weighted by Crippen LogP contribution is -2.22. The summed E-state index contributed by atoms with van der Waals surface area (Å²) in [5, 5.41) is 4.27. The minimum Gasteiger partial charge on any atom is -0.383 e. The van der Waals surface area contributed by atoms with Crippen LogP contribution in [0, 0.1) is 0 Å². The predicted octanol–water partition coefficient (Wildman–Crippen LogP) is 3.48. The number of rotatable bonds is 8. The van der Waals surface area contributed by atoms with Gasteiger partial charge < -0.3 is 15.0 Å². The van der Waals surface area contributed by atoms with Gasteiger partial charge in [0.05, 0.1) is 6.61 Å². The van der Waals surface area contributed by atoms with Gasteiger partial charge in [0.2, 0.25) is 0 Å². The summed E-state index contributed by atoms with van der Waals surface area (Å²) < 4.78 is 5.09. The van der Waals surface area contributed by atoms with Crippen molar-refractivity contribution < 1.29 is 4.74 Å². The Hall–Kier alpha value is -0.770. The van der Waals surface area contributed by atoms with Gasteiger partial charge in [0.25, 0.3) is 0 Å². The fourth-order valence-corrected chi connectivity index (χ4v) is 2.27. The molecule has 0 amide bonds. The third kappa shape index (κ3) is 5.01. The Morgan fingerprint density at radius 3 is 2.74 bits per heavy atom.